The van der Waals surface area contributed by atoms with Gasteiger partial charge in [0.05, 0.1) is 17.6 Å². The van der Waals surface area contributed by atoms with Gasteiger partial charge in [-0.1, -0.05) is 0 Å². The standard InChI is InChI=1S/C20H21N5O2/c1-12-3-4-17(23(12)2)20(27)25-11-15-8-16(25)10-24(15)19(26)14-7-13-5-6-21-18(13)22-9-14/h3-7,9,15-16H,8,10-11H2,1-2H3,(H,21,22)/t15-,16-/m0/s1. The van der Waals surface area contributed by atoms with Crippen molar-refractivity contribution < 1.29 is 9.59 Å². The molecule has 2 saturated heterocycles. The Morgan fingerprint density at radius 2 is 1.85 bits per heavy atom. The Balaban J connectivity index is 1.34. The van der Waals surface area contributed by atoms with Crippen LogP contribution in [0.15, 0.2) is 36.7 Å². The number of hydrogen-bond acceptors (Lipinski definition) is 3. The van der Waals surface area contributed by atoms with Gasteiger partial charge in [0.25, 0.3) is 11.8 Å². The molecule has 138 valence electrons. The molecule has 0 aliphatic carbocycles. The van der Waals surface area contributed by atoms with E-state index in [-0.39, 0.29) is 23.9 Å². The van der Waals surface area contributed by atoms with Gasteiger partial charge in [0.1, 0.15) is 11.3 Å². The number of aromatic amines is 1. The van der Waals surface area contributed by atoms with Gasteiger partial charge < -0.3 is 19.4 Å². The van der Waals surface area contributed by atoms with Gasteiger partial charge in [0, 0.05) is 43.6 Å². The van der Waals surface area contributed by atoms with E-state index in [1.807, 2.05) is 58.8 Å². The number of H-pyrrole nitrogens is 1. The molecule has 7 heteroatoms. The van der Waals surface area contributed by atoms with Crippen LogP contribution in [-0.2, 0) is 7.05 Å². The highest BCUT2D eigenvalue weighted by molar-refractivity contribution is 5.98. The summed E-state index contributed by atoms with van der Waals surface area (Å²) in [6.07, 6.45) is 4.29. The summed E-state index contributed by atoms with van der Waals surface area (Å²) >= 11 is 0. The maximum absolute atomic E-state index is 13.0. The second-order valence-electron chi connectivity index (χ2n) is 7.52. The topological polar surface area (TPSA) is 74.2 Å². The van der Waals surface area contributed by atoms with E-state index < -0.39 is 0 Å². The van der Waals surface area contributed by atoms with E-state index in [1.165, 1.54) is 0 Å². The lowest BCUT2D eigenvalue weighted by molar-refractivity contribution is 0.0521. The first kappa shape index (κ1) is 16.1. The van der Waals surface area contributed by atoms with Crippen LogP contribution in [-0.4, -0.2) is 61.3 Å². The molecule has 5 rings (SSSR count). The fourth-order valence-corrected chi connectivity index (χ4v) is 4.36. The second-order valence-corrected chi connectivity index (χ2v) is 7.52. The molecule has 1 N–H and O–H groups in total. The number of aryl methyl sites for hydroxylation is 1. The number of aromatic nitrogens is 3. The molecule has 2 aliphatic heterocycles. The molecule has 3 aromatic heterocycles. The number of rotatable bonds is 2. The molecular weight excluding hydrogens is 342 g/mol. The van der Waals surface area contributed by atoms with Crippen LogP contribution in [0.2, 0.25) is 0 Å². The third kappa shape index (κ3) is 2.38. The lowest BCUT2D eigenvalue weighted by Gasteiger charge is -2.34. The number of piperazine rings is 1. The summed E-state index contributed by atoms with van der Waals surface area (Å²) in [5, 5.41) is 0.932. The van der Waals surface area contributed by atoms with Crippen LogP contribution in [0.25, 0.3) is 11.0 Å². The largest absolute Gasteiger partial charge is 0.346 e. The Morgan fingerprint density at radius 1 is 1.11 bits per heavy atom. The fourth-order valence-electron chi connectivity index (χ4n) is 4.36. The Labute approximate surface area is 156 Å². The van der Waals surface area contributed by atoms with Crippen molar-refractivity contribution in [3.63, 3.8) is 0 Å². The molecule has 2 fully saturated rings. The van der Waals surface area contributed by atoms with Crippen molar-refractivity contribution in [2.24, 2.45) is 7.05 Å². The molecule has 0 spiro atoms. The van der Waals surface area contributed by atoms with Crippen molar-refractivity contribution in [1.29, 1.82) is 0 Å². The zero-order chi connectivity index (χ0) is 18.7. The lowest BCUT2D eigenvalue weighted by Crippen LogP contribution is -2.50. The average molecular weight is 363 g/mol. The van der Waals surface area contributed by atoms with Gasteiger partial charge in [-0.25, -0.2) is 4.98 Å². The summed E-state index contributed by atoms with van der Waals surface area (Å²) < 4.78 is 1.93. The Bertz CT molecular complexity index is 1070. The summed E-state index contributed by atoms with van der Waals surface area (Å²) in [7, 11) is 1.91. The SMILES string of the molecule is Cc1ccc(C(=O)N2C[C@@H]3C[C@H]2CN3C(=O)c2cnc3[nH]ccc3c2)n1C. The quantitative estimate of drug-likeness (QED) is 0.756. The first-order valence-electron chi connectivity index (χ1n) is 9.20. The maximum atomic E-state index is 13.0. The summed E-state index contributed by atoms with van der Waals surface area (Å²) in [4.78, 5) is 37.1. The normalized spacial score (nSPS) is 21.4. The van der Waals surface area contributed by atoms with E-state index >= 15 is 0 Å². The molecule has 3 aromatic rings. The Kier molecular flexibility index (Phi) is 3.40. The van der Waals surface area contributed by atoms with Gasteiger partial charge in [0.15, 0.2) is 0 Å². The maximum Gasteiger partial charge on any atom is 0.270 e. The van der Waals surface area contributed by atoms with Gasteiger partial charge in [-0.15, -0.1) is 0 Å². The zero-order valence-corrected chi connectivity index (χ0v) is 15.3. The molecule has 0 aromatic carbocycles. The number of hydrogen-bond donors (Lipinski definition) is 1. The molecule has 2 aliphatic rings. The molecular formula is C20H21N5O2. The smallest absolute Gasteiger partial charge is 0.270 e. The molecule has 27 heavy (non-hydrogen) atoms. The van der Waals surface area contributed by atoms with Crippen molar-refractivity contribution in [1.82, 2.24) is 24.3 Å². The number of carbonyl (C=O) groups is 2. The van der Waals surface area contributed by atoms with Gasteiger partial charge in [0.2, 0.25) is 0 Å². The number of pyridine rings is 1. The van der Waals surface area contributed by atoms with Crippen molar-refractivity contribution >= 4 is 22.8 Å². The van der Waals surface area contributed by atoms with Crippen molar-refractivity contribution in [2.45, 2.75) is 25.4 Å². The zero-order valence-electron chi connectivity index (χ0n) is 15.3. The predicted molar refractivity (Wildman–Crippen MR) is 101 cm³/mol. The van der Waals surface area contributed by atoms with Crippen molar-refractivity contribution in [3.8, 4) is 0 Å². The van der Waals surface area contributed by atoms with Crippen LogP contribution >= 0.6 is 0 Å². The van der Waals surface area contributed by atoms with Gasteiger partial charge in [-0.2, -0.15) is 0 Å². The minimum atomic E-state index is -0.0000832. The van der Waals surface area contributed by atoms with E-state index in [1.54, 1.807) is 6.20 Å². The molecule has 0 radical (unpaired) electrons. The highest BCUT2D eigenvalue weighted by Gasteiger charge is 2.47. The van der Waals surface area contributed by atoms with Gasteiger partial charge in [-0.3, -0.25) is 9.59 Å². The van der Waals surface area contributed by atoms with E-state index in [2.05, 4.69) is 9.97 Å². The lowest BCUT2D eigenvalue weighted by atomic mass is 10.2. The molecule has 2 atom stereocenters. The Hall–Kier alpha value is -3.09. The van der Waals surface area contributed by atoms with Crippen LogP contribution in [0.5, 0.6) is 0 Å². The van der Waals surface area contributed by atoms with Crippen LogP contribution in [0.3, 0.4) is 0 Å². The predicted octanol–water partition coefficient (Wildman–Crippen LogP) is 1.95. The monoisotopic (exact) mass is 363 g/mol. The van der Waals surface area contributed by atoms with E-state index in [0.29, 0.717) is 24.3 Å². The third-order valence-electron chi connectivity index (χ3n) is 6.00. The average Bonchev–Trinajstić information content (AvgIpc) is 3.44. The minimum absolute atomic E-state index is 0.0000832. The third-order valence-corrected chi connectivity index (χ3v) is 6.00. The summed E-state index contributed by atoms with van der Waals surface area (Å²) in [5.74, 6) is 0.0560. The van der Waals surface area contributed by atoms with Crippen LogP contribution < -0.4 is 0 Å². The number of amides is 2. The molecule has 7 nitrogen and oxygen atoms in total. The molecule has 0 unspecified atom stereocenters. The van der Waals surface area contributed by atoms with Crippen LogP contribution in [0.1, 0.15) is 33.0 Å². The summed E-state index contributed by atoms with van der Waals surface area (Å²) in [5.41, 5.74) is 3.15. The number of nitrogens with zero attached hydrogens (tertiary/aromatic N) is 4. The van der Waals surface area contributed by atoms with E-state index in [0.717, 1.165) is 23.1 Å². The molecule has 0 saturated carbocycles. The number of nitrogens with one attached hydrogen (secondary N) is 1. The summed E-state index contributed by atoms with van der Waals surface area (Å²) in [6.45, 7) is 3.17. The second kappa shape index (κ2) is 5.70. The summed E-state index contributed by atoms with van der Waals surface area (Å²) in [6, 6.07) is 7.80. The van der Waals surface area contributed by atoms with Crippen LogP contribution in [0.4, 0.5) is 0 Å². The fraction of sp³-hybridized carbons (Fsp3) is 0.350. The van der Waals surface area contributed by atoms with E-state index in [9.17, 15) is 9.59 Å². The minimum Gasteiger partial charge on any atom is -0.346 e. The molecule has 2 amide bonds. The van der Waals surface area contributed by atoms with Crippen molar-refractivity contribution in [3.05, 3.63) is 53.6 Å². The first-order chi connectivity index (χ1) is 13.0. The van der Waals surface area contributed by atoms with Crippen molar-refractivity contribution in [2.75, 3.05) is 13.1 Å². The van der Waals surface area contributed by atoms with Gasteiger partial charge >= 0.3 is 0 Å². The highest BCUT2D eigenvalue weighted by atomic mass is 16.2. The first-order valence-corrected chi connectivity index (χ1v) is 9.20. The number of fused-ring (bicyclic) bond motifs is 3. The highest BCUT2D eigenvalue weighted by Crippen LogP contribution is 2.33. The van der Waals surface area contributed by atoms with E-state index in [4.69, 9.17) is 0 Å². The Morgan fingerprint density at radius 3 is 2.52 bits per heavy atom. The van der Waals surface area contributed by atoms with Crippen LogP contribution in [0, 0.1) is 6.92 Å². The molecule has 2 bridgehead atoms. The molecule has 5 heterocycles. The number of likely N-dealkylation sites (tertiary alicyclic amines) is 2. The number of carbonyl (C=O) groups excluding carboxylic acids is 2. The van der Waals surface area contributed by atoms with Gasteiger partial charge in [-0.05, 0) is 37.6 Å².